The molecule has 1 N–H and O–H groups in total. The van der Waals surface area contributed by atoms with Crippen LogP contribution in [0.15, 0.2) is 35.1 Å². The molecule has 3 heterocycles. The molecule has 9 heteroatoms. The average Bonchev–Trinajstić information content (AvgIpc) is 3.37. The van der Waals surface area contributed by atoms with Crippen molar-refractivity contribution in [2.24, 2.45) is 7.05 Å². The van der Waals surface area contributed by atoms with E-state index in [1.54, 1.807) is 11.6 Å². The summed E-state index contributed by atoms with van der Waals surface area (Å²) in [6.07, 6.45) is 1.69. The van der Waals surface area contributed by atoms with Crippen molar-refractivity contribution in [1.82, 2.24) is 24.8 Å². The van der Waals surface area contributed by atoms with Gasteiger partial charge in [-0.1, -0.05) is 41.7 Å². The van der Waals surface area contributed by atoms with Crippen LogP contribution in [0.25, 0.3) is 10.3 Å². The number of hydrogen-bond donors (Lipinski definition) is 1. The lowest BCUT2D eigenvalue weighted by Gasteiger charge is -2.23. The van der Waals surface area contributed by atoms with Crippen molar-refractivity contribution in [2.75, 3.05) is 25.5 Å². The fraction of sp³-hybridized carbons (Fsp3) is 0.429. The molecule has 30 heavy (non-hydrogen) atoms. The van der Waals surface area contributed by atoms with E-state index in [-0.39, 0.29) is 17.5 Å². The Morgan fingerprint density at radius 2 is 2.03 bits per heavy atom. The van der Waals surface area contributed by atoms with E-state index in [9.17, 15) is 9.59 Å². The third-order valence-corrected chi connectivity index (χ3v) is 6.28. The minimum atomic E-state index is -0.278. The zero-order chi connectivity index (χ0) is 21.3. The van der Waals surface area contributed by atoms with Gasteiger partial charge in [0.1, 0.15) is 11.9 Å². The number of carbonyl (C=O) groups is 1. The number of nitrogens with one attached hydrogen (secondary N) is 1. The summed E-state index contributed by atoms with van der Waals surface area (Å²) in [5.41, 5.74) is 1.29. The molecule has 0 spiro atoms. The summed E-state index contributed by atoms with van der Waals surface area (Å²) in [5.74, 6) is 0.691. The first-order valence-electron chi connectivity index (χ1n) is 10.0. The monoisotopic (exact) mass is 426 g/mol. The van der Waals surface area contributed by atoms with Crippen LogP contribution in [0.1, 0.15) is 24.2 Å². The van der Waals surface area contributed by atoms with Crippen LogP contribution >= 0.6 is 11.3 Å². The Bertz CT molecular complexity index is 1110. The van der Waals surface area contributed by atoms with Gasteiger partial charge in [-0.2, -0.15) is 0 Å². The molecule has 0 aliphatic carbocycles. The highest BCUT2D eigenvalue weighted by Gasteiger charge is 2.33. The Morgan fingerprint density at radius 3 is 2.77 bits per heavy atom. The number of hydrogen-bond acceptors (Lipinski definition) is 7. The molecule has 4 rings (SSSR count). The van der Waals surface area contributed by atoms with Gasteiger partial charge in [-0.3, -0.25) is 14.2 Å². The Morgan fingerprint density at radius 1 is 1.27 bits per heavy atom. The second-order valence-electron chi connectivity index (χ2n) is 7.84. The zero-order valence-corrected chi connectivity index (χ0v) is 18.3. The topological polar surface area (TPSA) is 83.4 Å². The normalized spacial score (nSPS) is 16.5. The van der Waals surface area contributed by atoms with E-state index >= 15 is 0 Å². The second-order valence-corrected chi connectivity index (χ2v) is 8.79. The molecule has 1 aromatic carbocycles. The van der Waals surface area contributed by atoms with Crippen molar-refractivity contribution < 1.29 is 4.79 Å². The highest BCUT2D eigenvalue weighted by atomic mass is 32.1. The van der Waals surface area contributed by atoms with Gasteiger partial charge in [0.05, 0.1) is 6.54 Å². The van der Waals surface area contributed by atoms with Crippen molar-refractivity contribution >= 4 is 32.7 Å². The quantitative estimate of drug-likeness (QED) is 0.646. The van der Waals surface area contributed by atoms with Gasteiger partial charge in [0.2, 0.25) is 5.91 Å². The highest BCUT2D eigenvalue weighted by Crippen LogP contribution is 2.31. The molecule has 0 saturated carbocycles. The van der Waals surface area contributed by atoms with Crippen molar-refractivity contribution in [2.45, 2.75) is 32.0 Å². The molecular formula is C21H26N6O2S. The molecule has 1 fully saturated rings. The van der Waals surface area contributed by atoms with Crippen molar-refractivity contribution in [3.63, 3.8) is 0 Å². The second kappa shape index (κ2) is 8.53. The van der Waals surface area contributed by atoms with Crippen LogP contribution in [0, 0.1) is 0 Å². The fourth-order valence-electron chi connectivity index (χ4n) is 3.70. The van der Waals surface area contributed by atoms with Gasteiger partial charge < -0.3 is 15.1 Å². The minimum absolute atomic E-state index is 0.00947. The number of thiazole rings is 1. The lowest BCUT2D eigenvalue weighted by molar-refractivity contribution is -0.122. The van der Waals surface area contributed by atoms with Crippen molar-refractivity contribution in [1.29, 1.82) is 0 Å². The molecule has 0 radical (unpaired) electrons. The van der Waals surface area contributed by atoms with E-state index in [1.165, 1.54) is 11.3 Å². The first kappa shape index (κ1) is 20.5. The molecule has 1 aliphatic heterocycles. The van der Waals surface area contributed by atoms with Crippen LogP contribution in [0.2, 0.25) is 0 Å². The summed E-state index contributed by atoms with van der Waals surface area (Å²) in [5, 5.41) is 3.72. The van der Waals surface area contributed by atoms with Gasteiger partial charge in [0.15, 0.2) is 15.5 Å². The van der Waals surface area contributed by atoms with Crippen LogP contribution < -0.4 is 15.8 Å². The number of rotatable bonds is 6. The van der Waals surface area contributed by atoms with E-state index in [2.05, 4.69) is 15.3 Å². The first-order chi connectivity index (χ1) is 14.4. The number of anilines is 1. The van der Waals surface area contributed by atoms with Crippen LogP contribution in [0.5, 0.6) is 0 Å². The van der Waals surface area contributed by atoms with Gasteiger partial charge in [-0.25, -0.2) is 9.97 Å². The van der Waals surface area contributed by atoms with Crippen LogP contribution in [0.3, 0.4) is 0 Å². The third-order valence-electron chi connectivity index (χ3n) is 5.29. The predicted molar refractivity (Wildman–Crippen MR) is 119 cm³/mol. The molecule has 158 valence electrons. The number of benzene rings is 1. The summed E-state index contributed by atoms with van der Waals surface area (Å²) in [6, 6.07) is 9.59. The molecule has 1 unspecified atom stereocenters. The zero-order valence-electron chi connectivity index (χ0n) is 17.5. The maximum atomic E-state index is 12.9. The third kappa shape index (κ3) is 4.08. The van der Waals surface area contributed by atoms with Crippen LogP contribution in [0.4, 0.5) is 5.13 Å². The largest absolute Gasteiger partial charge is 0.350 e. The summed E-state index contributed by atoms with van der Waals surface area (Å²) >= 11 is 1.39. The standard InChI is InChI=1S/C21H26N6O2S/c1-25(2)13-16-23-19-17(20(29)26(16)3)24-21(30-19)27-11-7-10-15(27)18(28)22-12-14-8-5-4-6-9-14/h4-6,8-9,15H,7,10-13H2,1-3H3,(H,22,28). The van der Waals surface area contributed by atoms with E-state index in [0.29, 0.717) is 34.4 Å². The van der Waals surface area contributed by atoms with Gasteiger partial charge in [-0.05, 0) is 32.5 Å². The minimum Gasteiger partial charge on any atom is -0.350 e. The Labute approximate surface area is 179 Å². The number of nitrogens with zero attached hydrogens (tertiary/aromatic N) is 5. The molecule has 2 aromatic heterocycles. The summed E-state index contributed by atoms with van der Waals surface area (Å²) in [4.78, 5) is 39.5. The van der Waals surface area contributed by atoms with E-state index in [4.69, 9.17) is 0 Å². The molecule has 1 amide bonds. The molecule has 3 aromatic rings. The molecular weight excluding hydrogens is 400 g/mol. The van der Waals surface area contributed by atoms with Crippen LogP contribution in [-0.4, -0.2) is 52.0 Å². The lowest BCUT2D eigenvalue weighted by atomic mass is 10.2. The molecule has 1 atom stereocenters. The highest BCUT2D eigenvalue weighted by molar-refractivity contribution is 7.21. The molecule has 0 bridgehead atoms. The average molecular weight is 427 g/mol. The Balaban J connectivity index is 1.57. The SMILES string of the molecule is CN(C)Cc1nc2sc(N3CCCC3C(=O)NCc3ccccc3)nc2c(=O)n1C. The van der Waals surface area contributed by atoms with Gasteiger partial charge >= 0.3 is 0 Å². The number of carbonyl (C=O) groups excluding carboxylic acids is 1. The predicted octanol–water partition coefficient (Wildman–Crippen LogP) is 1.74. The summed E-state index contributed by atoms with van der Waals surface area (Å²) in [7, 11) is 5.61. The summed E-state index contributed by atoms with van der Waals surface area (Å²) in [6.45, 7) is 1.82. The van der Waals surface area contributed by atoms with Crippen molar-refractivity contribution in [3.8, 4) is 0 Å². The maximum absolute atomic E-state index is 12.9. The van der Waals surface area contributed by atoms with Gasteiger partial charge in [0.25, 0.3) is 5.56 Å². The maximum Gasteiger partial charge on any atom is 0.280 e. The van der Waals surface area contributed by atoms with E-state index < -0.39 is 0 Å². The molecule has 1 saturated heterocycles. The fourth-order valence-corrected chi connectivity index (χ4v) is 4.73. The number of aromatic nitrogens is 3. The Kier molecular flexibility index (Phi) is 5.83. The molecule has 1 aliphatic rings. The lowest BCUT2D eigenvalue weighted by Crippen LogP contribution is -2.43. The van der Waals surface area contributed by atoms with E-state index in [1.807, 2.05) is 54.2 Å². The first-order valence-corrected chi connectivity index (χ1v) is 10.8. The van der Waals surface area contributed by atoms with E-state index in [0.717, 1.165) is 24.9 Å². The van der Waals surface area contributed by atoms with Gasteiger partial charge in [0, 0.05) is 20.1 Å². The number of fused-ring (bicyclic) bond motifs is 1. The number of amides is 1. The smallest absolute Gasteiger partial charge is 0.280 e. The summed E-state index contributed by atoms with van der Waals surface area (Å²) < 4.78 is 1.56. The van der Waals surface area contributed by atoms with Crippen LogP contribution in [-0.2, 0) is 24.9 Å². The van der Waals surface area contributed by atoms with Gasteiger partial charge in [-0.15, -0.1) is 0 Å². The Hall–Kier alpha value is -2.78. The van der Waals surface area contributed by atoms with Crippen molar-refractivity contribution in [3.05, 3.63) is 52.1 Å². The molecule has 8 nitrogen and oxygen atoms in total.